The monoisotopic (exact) mass is 337 g/mol. The molecule has 0 aliphatic carbocycles. The smallest absolute Gasteiger partial charge is 0.417 e. The zero-order chi connectivity index (χ0) is 16.6. The standard InChI is InChI=1S/C16H10F3NO2S/c1-22-15(21)13-7-10-11(16(17,18)19)8-12(20-14(10)23-13)9-5-3-2-4-6-9/h2-8H,1H3. The molecule has 118 valence electrons. The van der Waals surface area contributed by atoms with Crippen molar-refractivity contribution in [3.05, 3.63) is 52.9 Å². The van der Waals surface area contributed by atoms with Gasteiger partial charge in [0.25, 0.3) is 0 Å². The largest absolute Gasteiger partial charge is 0.465 e. The van der Waals surface area contributed by atoms with E-state index in [0.29, 0.717) is 5.56 Å². The van der Waals surface area contributed by atoms with Crippen LogP contribution in [0.4, 0.5) is 13.2 Å². The number of ether oxygens (including phenoxy) is 1. The van der Waals surface area contributed by atoms with Crippen LogP contribution >= 0.6 is 11.3 Å². The zero-order valence-electron chi connectivity index (χ0n) is 11.8. The fraction of sp³-hybridized carbons (Fsp3) is 0.125. The molecular weight excluding hydrogens is 327 g/mol. The summed E-state index contributed by atoms with van der Waals surface area (Å²) in [5.74, 6) is -0.678. The zero-order valence-corrected chi connectivity index (χ0v) is 12.7. The molecule has 0 fully saturated rings. The van der Waals surface area contributed by atoms with Gasteiger partial charge in [-0.3, -0.25) is 0 Å². The number of fused-ring (bicyclic) bond motifs is 1. The van der Waals surface area contributed by atoms with Crippen molar-refractivity contribution in [2.75, 3.05) is 7.11 Å². The van der Waals surface area contributed by atoms with Crippen LogP contribution in [0.1, 0.15) is 15.2 Å². The van der Waals surface area contributed by atoms with E-state index < -0.39 is 17.7 Å². The van der Waals surface area contributed by atoms with Crippen molar-refractivity contribution < 1.29 is 22.7 Å². The molecule has 2 aromatic heterocycles. The highest BCUT2D eigenvalue weighted by Crippen LogP contribution is 2.39. The molecule has 3 aromatic rings. The Labute approximate surface area is 133 Å². The highest BCUT2D eigenvalue weighted by atomic mass is 32.1. The molecule has 3 rings (SSSR count). The lowest BCUT2D eigenvalue weighted by Gasteiger charge is -2.10. The molecule has 2 heterocycles. The van der Waals surface area contributed by atoms with Gasteiger partial charge >= 0.3 is 12.1 Å². The molecule has 7 heteroatoms. The summed E-state index contributed by atoms with van der Waals surface area (Å²) in [5, 5.41) is -0.0948. The lowest BCUT2D eigenvalue weighted by molar-refractivity contribution is -0.136. The summed E-state index contributed by atoms with van der Waals surface area (Å²) in [5.41, 5.74) is -0.0237. The van der Waals surface area contributed by atoms with Gasteiger partial charge in [-0.15, -0.1) is 11.3 Å². The molecule has 0 radical (unpaired) electrons. The van der Waals surface area contributed by atoms with Crippen molar-refractivity contribution in [1.29, 1.82) is 0 Å². The predicted molar refractivity (Wildman–Crippen MR) is 81.4 cm³/mol. The lowest BCUT2D eigenvalue weighted by Crippen LogP contribution is -2.06. The highest BCUT2D eigenvalue weighted by Gasteiger charge is 2.34. The third-order valence-electron chi connectivity index (χ3n) is 3.27. The molecule has 0 aliphatic rings. The normalized spacial score (nSPS) is 11.7. The van der Waals surface area contributed by atoms with Crippen LogP contribution in [0.15, 0.2) is 42.5 Å². The van der Waals surface area contributed by atoms with Crippen LogP contribution in [0.25, 0.3) is 21.5 Å². The molecule has 3 nitrogen and oxygen atoms in total. The first kappa shape index (κ1) is 15.5. The van der Waals surface area contributed by atoms with Crippen molar-refractivity contribution in [3.8, 4) is 11.3 Å². The van der Waals surface area contributed by atoms with Crippen molar-refractivity contribution >= 4 is 27.5 Å². The summed E-state index contributed by atoms with van der Waals surface area (Å²) >= 11 is 0.883. The van der Waals surface area contributed by atoms with Crippen molar-refractivity contribution in [1.82, 2.24) is 4.98 Å². The molecule has 0 N–H and O–H groups in total. The van der Waals surface area contributed by atoms with Gasteiger partial charge in [0.2, 0.25) is 0 Å². The first-order valence-corrected chi connectivity index (χ1v) is 7.37. The molecule has 0 saturated carbocycles. The quantitative estimate of drug-likeness (QED) is 0.632. The number of hydrogen-bond acceptors (Lipinski definition) is 4. The van der Waals surface area contributed by atoms with Crippen LogP contribution in [0.2, 0.25) is 0 Å². The number of carbonyl (C=O) groups is 1. The number of methoxy groups -OCH3 is 1. The Morgan fingerprint density at radius 3 is 2.48 bits per heavy atom. The van der Waals surface area contributed by atoms with Crippen LogP contribution in [0, 0.1) is 0 Å². The third-order valence-corrected chi connectivity index (χ3v) is 4.28. The fourth-order valence-corrected chi connectivity index (χ4v) is 3.18. The Morgan fingerprint density at radius 2 is 1.87 bits per heavy atom. The number of benzene rings is 1. The second-order valence-electron chi connectivity index (χ2n) is 4.74. The first-order chi connectivity index (χ1) is 10.9. The van der Waals surface area contributed by atoms with Gasteiger partial charge in [0, 0.05) is 10.9 Å². The van der Waals surface area contributed by atoms with Gasteiger partial charge in [-0.25, -0.2) is 9.78 Å². The number of thiophene rings is 1. The molecule has 1 aromatic carbocycles. The number of rotatable bonds is 2. The minimum absolute atomic E-state index is 0.0886. The minimum atomic E-state index is -4.54. The average molecular weight is 337 g/mol. The summed E-state index contributed by atoms with van der Waals surface area (Å²) in [4.78, 5) is 16.1. The SMILES string of the molecule is COC(=O)c1cc2c(C(F)(F)F)cc(-c3ccccc3)nc2s1. The number of esters is 1. The van der Waals surface area contributed by atoms with Gasteiger partial charge in [-0.2, -0.15) is 13.2 Å². The average Bonchev–Trinajstić information content (AvgIpc) is 2.96. The Hall–Kier alpha value is -2.41. The van der Waals surface area contributed by atoms with E-state index in [1.54, 1.807) is 30.3 Å². The predicted octanol–water partition coefficient (Wildman–Crippen LogP) is 4.77. The molecule has 23 heavy (non-hydrogen) atoms. The van der Waals surface area contributed by atoms with Gasteiger partial charge < -0.3 is 4.74 Å². The van der Waals surface area contributed by atoms with Gasteiger partial charge in [-0.1, -0.05) is 30.3 Å². The number of halogens is 3. The highest BCUT2D eigenvalue weighted by molar-refractivity contribution is 7.20. The summed E-state index contributed by atoms with van der Waals surface area (Å²) in [7, 11) is 1.18. The summed E-state index contributed by atoms with van der Waals surface area (Å²) < 4.78 is 44.7. The molecule has 0 atom stereocenters. The van der Waals surface area contributed by atoms with Gasteiger partial charge in [-0.05, 0) is 12.1 Å². The number of aromatic nitrogens is 1. The molecule has 0 bridgehead atoms. The van der Waals surface area contributed by atoms with Gasteiger partial charge in [0.1, 0.15) is 9.71 Å². The molecular formula is C16H10F3NO2S. The van der Waals surface area contributed by atoms with Crippen LogP contribution in [0.5, 0.6) is 0 Å². The Bertz CT molecular complexity index is 872. The van der Waals surface area contributed by atoms with E-state index in [4.69, 9.17) is 0 Å². The first-order valence-electron chi connectivity index (χ1n) is 6.55. The number of carbonyl (C=O) groups excluding carboxylic acids is 1. The van der Waals surface area contributed by atoms with E-state index >= 15 is 0 Å². The summed E-state index contributed by atoms with van der Waals surface area (Å²) in [6.07, 6.45) is -4.54. The number of alkyl halides is 3. The van der Waals surface area contributed by atoms with Gasteiger partial charge in [0.15, 0.2) is 0 Å². The van der Waals surface area contributed by atoms with Crippen molar-refractivity contribution in [2.45, 2.75) is 6.18 Å². The number of pyridine rings is 1. The number of nitrogens with zero attached hydrogens (tertiary/aromatic N) is 1. The van der Waals surface area contributed by atoms with Crippen LogP contribution < -0.4 is 0 Å². The minimum Gasteiger partial charge on any atom is -0.465 e. The Morgan fingerprint density at radius 1 is 1.17 bits per heavy atom. The van der Waals surface area contributed by atoms with E-state index in [2.05, 4.69) is 9.72 Å². The van der Waals surface area contributed by atoms with Crippen molar-refractivity contribution in [2.24, 2.45) is 0 Å². The van der Waals surface area contributed by atoms with Crippen LogP contribution in [-0.2, 0) is 10.9 Å². The summed E-state index contributed by atoms with van der Waals surface area (Å²) in [6, 6.07) is 10.8. The fourth-order valence-electron chi connectivity index (χ4n) is 2.21. The van der Waals surface area contributed by atoms with E-state index in [-0.39, 0.29) is 20.8 Å². The maximum absolute atomic E-state index is 13.4. The Balaban J connectivity index is 2.27. The second-order valence-corrected chi connectivity index (χ2v) is 5.77. The third kappa shape index (κ3) is 2.92. The molecule has 0 amide bonds. The lowest BCUT2D eigenvalue weighted by atomic mass is 10.1. The maximum atomic E-state index is 13.4. The molecule has 0 saturated heterocycles. The maximum Gasteiger partial charge on any atom is 0.417 e. The van der Waals surface area contributed by atoms with E-state index in [0.717, 1.165) is 17.4 Å². The van der Waals surface area contributed by atoms with Gasteiger partial charge in [0.05, 0.1) is 18.4 Å². The molecule has 0 spiro atoms. The van der Waals surface area contributed by atoms with E-state index in [9.17, 15) is 18.0 Å². The Kier molecular flexibility index (Phi) is 3.81. The van der Waals surface area contributed by atoms with Crippen LogP contribution in [-0.4, -0.2) is 18.1 Å². The summed E-state index contributed by atoms with van der Waals surface area (Å²) in [6.45, 7) is 0. The van der Waals surface area contributed by atoms with E-state index in [1.165, 1.54) is 13.2 Å². The van der Waals surface area contributed by atoms with E-state index in [1.807, 2.05) is 0 Å². The van der Waals surface area contributed by atoms with Crippen molar-refractivity contribution in [3.63, 3.8) is 0 Å². The molecule has 0 unspecified atom stereocenters. The topological polar surface area (TPSA) is 39.2 Å². The second kappa shape index (κ2) is 5.66. The van der Waals surface area contributed by atoms with Crippen LogP contribution in [0.3, 0.4) is 0 Å². The number of hydrogen-bond donors (Lipinski definition) is 0. The molecule has 0 aliphatic heterocycles.